The number of hydrogen-bond acceptors (Lipinski definition) is 21. The summed E-state index contributed by atoms with van der Waals surface area (Å²) in [6.07, 6.45) is 5.16. The highest BCUT2D eigenvalue weighted by molar-refractivity contribution is 8.00. The summed E-state index contributed by atoms with van der Waals surface area (Å²) >= 11 is 7.04. The van der Waals surface area contributed by atoms with Gasteiger partial charge in [0.15, 0.2) is 11.7 Å². The summed E-state index contributed by atoms with van der Waals surface area (Å²) in [4.78, 5) is 268. The Morgan fingerprint density at radius 1 is 0.586 bits per heavy atom. The van der Waals surface area contributed by atoms with Crippen LogP contribution in [0.15, 0.2) is 97.7 Å². The number of nitrogens with one attached hydrogen (secondary N) is 13. The molecule has 0 saturated carbocycles. The number of amides is 15. The lowest BCUT2D eigenvalue weighted by atomic mass is 9.85. The van der Waals surface area contributed by atoms with Crippen molar-refractivity contribution in [3.05, 3.63) is 125 Å². The first-order chi connectivity index (χ1) is 63.3. The van der Waals surface area contributed by atoms with Gasteiger partial charge >= 0.3 is 0 Å². The van der Waals surface area contributed by atoms with Crippen LogP contribution in [0.25, 0.3) is 21.8 Å². The largest absolute Gasteiger partial charge is 0.396 e. The van der Waals surface area contributed by atoms with E-state index in [1.165, 1.54) is 69.6 Å². The number of aromatic amines is 3. The SMILES string of the molecule is CCCC[C@H]1C(=O)N(C)[C@@H](CCCC)C(=O)N[C@@H](CCCNC(=N)N)C(=O)N[C@H](C(=O)NCC(N)=O)CSCC(=O)N[C@@H](Cc2ccc(Cl)cc2)C(=O)N(C)[C@@H](C)C(=O)N[C@@H](CC(N)=O)C(=O)N2CCC[C@H]2C(=O)N[C@@H](Cc2cnc[nH]2)C(=O)N[C@@H](CC(C)C)C(=O)N(C)CC(=O)C[C@@H](Cc2c[nH]c3ccccc23)C(=O)C[C@@H](CO)C(=O)N[C@@H](Cc2c[nH]c3ccccc23)C(=O)N1C. The maximum atomic E-state index is 15.7. The van der Waals surface area contributed by atoms with E-state index in [1.807, 2.05) is 26.0 Å². The first-order valence-corrected chi connectivity index (χ1v) is 46.3. The Morgan fingerprint density at radius 3 is 1.78 bits per heavy atom. The number of primary amides is 2. The second kappa shape index (κ2) is 51.3. The van der Waals surface area contributed by atoms with Gasteiger partial charge in [0.2, 0.25) is 88.6 Å². The summed E-state index contributed by atoms with van der Waals surface area (Å²) in [6, 6.07) is 4.38. The molecule has 722 valence electrons. The van der Waals surface area contributed by atoms with E-state index < -0.39 is 235 Å². The lowest BCUT2D eigenvalue weighted by molar-refractivity contribution is -0.149. The third kappa shape index (κ3) is 30.9. The number of imidazole rings is 1. The van der Waals surface area contributed by atoms with Gasteiger partial charge in [0.05, 0.1) is 44.1 Å². The summed E-state index contributed by atoms with van der Waals surface area (Å²) in [6.45, 7) is 6.23. The second-order valence-electron chi connectivity index (χ2n) is 34.4. The van der Waals surface area contributed by atoms with Crippen molar-refractivity contribution in [2.45, 2.75) is 217 Å². The molecule has 8 rings (SSSR count). The van der Waals surface area contributed by atoms with Gasteiger partial charge in [-0.1, -0.05) is 114 Å². The van der Waals surface area contributed by atoms with Gasteiger partial charge in [-0.25, -0.2) is 4.98 Å². The van der Waals surface area contributed by atoms with Gasteiger partial charge in [0.25, 0.3) is 0 Å². The van der Waals surface area contributed by atoms with Crippen molar-refractivity contribution in [3.8, 4) is 0 Å². The standard InChI is InChI=1S/C91H127ClN22O18S/c1-10-12-25-72-84(126)104-65(24-18-32-98-91(95)96)82(124)109-71(81(123)101-45-77(94)119)48-133-49-78(120)103-68(35-53-28-30-58(92)31-29-53)87(129)111(7)52(5)79(121)106-70(41-76(93)118)89(131)114-33-19-27-73(114)85(127)105-66(40-59-44-97-50-102-59)83(125)108-67(34-51(3)4)86(128)110(6)46-60(116)37-54(36-55-42-99-63-22-16-14-20-61(55)63)75(117)39-57(47-115)80(122)107-69(38-56-43-100-64-23-17-15-21-62(56)64)88(130)113(9)74(26-13-11-2)90(132)112(72)8/h14-17,20-23,28-31,42-44,50-52,54,57,65-74,99-100,115H,10-13,18-19,24-27,32-41,45-49H2,1-9H3,(H2,93,118)(H2,94,119)(H,97,102)(H,101,123)(H,103,120)(H,104,126)(H,105,127)(H,106,121)(H,107,122)(H,108,125)(H,109,124)(H4,95,96,98)/t52-,54+,57-,65-,66-,67-,68-,69-,70-,71-,72-,73-,74-/m0/s1. The number of carbonyl (C=O) groups excluding carboxylic acids is 17. The molecule has 0 unspecified atom stereocenters. The van der Waals surface area contributed by atoms with E-state index in [9.17, 15) is 62.6 Å². The lowest BCUT2D eigenvalue weighted by Crippen LogP contribution is -2.60. The molecule has 40 nitrogen and oxygen atoms in total. The Bertz CT molecular complexity index is 5110. The number of aliphatic hydroxyl groups is 1. The molecule has 133 heavy (non-hydrogen) atoms. The number of nitrogens with two attached hydrogens (primary N) is 3. The van der Waals surface area contributed by atoms with Gasteiger partial charge in [-0.2, -0.15) is 0 Å². The van der Waals surface area contributed by atoms with Crippen LogP contribution in [0.4, 0.5) is 0 Å². The normalized spacial score (nSPS) is 23.5. The number of fused-ring (bicyclic) bond motifs is 3. The minimum Gasteiger partial charge on any atom is -0.396 e. The molecule has 0 radical (unpaired) electrons. The van der Waals surface area contributed by atoms with Gasteiger partial charge in [0.1, 0.15) is 72.2 Å². The minimum atomic E-state index is -1.75. The van der Waals surface area contributed by atoms with Crippen LogP contribution in [-0.2, 0) is 107 Å². The van der Waals surface area contributed by atoms with E-state index >= 15 is 24.0 Å². The summed E-state index contributed by atoms with van der Waals surface area (Å²) < 4.78 is 0. The number of aromatic nitrogens is 4. The fourth-order valence-corrected chi connectivity index (χ4v) is 17.3. The highest BCUT2D eigenvalue weighted by Gasteiger charge is 2.44. The fraction of sp³-hybridized carbons (Fsp3) is 0.527. The zero-order valence-electron chi connectivity index (χ0n) is 76.6. The van der Waals surface area contributed by atoms with Crippen LogP contribution in [-0.4, -0.2) is 295 Å². The van der Waals surface area contributed by atoms with Gasteiger partial charge in [-0.05, 0) is 105 Å². The Morgan fingerprint density at radius 2 is 1.17 bits per heavy atom. The van der Waals surface area contributed by atoms with Crippen LogP contribution in [0.5, 0.6) is 0 Å². The number of ketones is 2. The third-order valence-corrected chi connectivity index (χ3v) is 25.1. The predicted molar refractivity (Wildman–Crippen MR) is 497 cm³/mol. The molecule has 6 aromatic rings. The zero-order valence-corrected chi connectivity index (χ0v) is 78.2. The number of Topliss-reactive ketones (excluding diaryl/α,β-unsaturated/α-hetero) is 2. The molecular weight excluding hydrogens is 1760 g/mol. The first-order valence-electron chi connectivity index (χ1n) is 44.8. The monoisotopic (exact) mass is 1880 g/mol. The summed E-state index contributed by atoms with van der Waals surface area (Å²) in [7, 11) is 5.32. The Hall–Kier alpha value is -12.8. The molecule has 3 aromatic carbocycles. The number of H-pyrrole nitrogens is 3. The van der Waals surface area contributed by atoms with Crippen LogP contribution >= 0.6 is 23.4 Å². The number of thioether (sulfide) groups is 1. The third-order valence-electron chi connectivity index (χ3n) is 23.8. The van der Waals surface area contributed by atoms with Crippen molar-refractivity contribution in [2.24, 2.45) is 35.0 Å². The van der Waals surface area contributed by atoms with Gasteiger partial charge < -0.3 is 110 Å². The van der Waals surface area contributed by atoms with Crippen LogP contribution in [0, 0.1) is 23.2 Å². The maximum absolute atomic E-state index is 15.7. The summed E-state index contributed by atoms with van der Waals surface area (Å²) in [5.41, 5.74) is 20.2. The van der Waals surface area contributed by atoms with E-state index in [2.05, 4.69) is 67.8 Å². The molecule has 2 aliphatic rings. The van der Waals surface area contributed by atoms with Crippen LogP contribution in [0.2, 0.25) is 5.02 Å². The number of guanidine groups is 1. The van der Waals surface area contributed by atoms with E-state index in [0.29, 0.717) is 74.9 Å². The van der Waals surface area contributed by atoms with Crippen molar-refractivity contribution in [3.63, 3.8) is 0 Å². The van der Waals surface area contributed by atoms with Gasteiger partial charge in [0, 0.05) is 136 Å². The quantitative estimate of drug-likeness (QED) is 0.0202. The summed E-state index contributed by atoms with van der Waals surface area (Å²) in [5.74, 6) is -19.1. The molecule has 0 aliphatic carbocycles. The first kappa shape index (κ1) is 106. The number of carbonyl (C=O) groups is 17. The number of para-hydroxylation sites is 2. The number of aliphatic hydroxyl groups excluding tert-OH is 1. The summed E-state index contributed by atoms with van der Waals surface area (Å²) in [5, 5.41) is 44.8. The predicted octanol–water partition coefficient (Wildman–Crippen LogP) is 0.697. The fourth-order valence-electron chi connectivity index (χ4n) is 16.3. The number of nitrogens with zero attached hydrogens (tertiary/aromatic N) is 6. The number of benzene rings is 3. The molecule has 0 bridgehead atoms. The molecule has 2 aliphatic heterocycles. The smallest absolute Gasteiger partial charge is 0.246 e. The Balaban J connectivity index is 1.18. The Kier molecular flexibility index (Phi) is 40.7. The topological polar surface area (TPSA) is 597 Å². The number of hydrogen-bond donors (Lipinski definition) is 17. The number of rotatable bonds is 26. The molecule has 0 spiro atoms. The Labute approximate surface area is 780 Å². The molecule has 2 fully saturated rings. The highest BCUT2D eigenvalue weighted by Crippen LogP contribution is 2.29. The van der Waals surface area contributed by atoms with Gasteiger partial charge in [-0.3, -0.25) is 86.9 Å². The molecule has 15 amide bonds. The molecule has 42 heteroatoms. The number of halogens is 1. The van der Waals surface area contributed by atoms with E-state index in [4.69, 9.17) is 34.2 Å². The van der Waals surface area contributed by atoms with E-state index in [1.54, 1.807) is 74.8 Å². The molecular formula is C91H127ClN22O18S. The average Bonchev–Trinajstić information content (AvgIpc) is 1.81. The van der Waals surface area contributed by atoms with Crippen molar-refractivity contribution in [1.29, 1.82) is 5.41 Å². The molecule has 13 atom stereocenters. The van der Waals surface area contributed by atoms with E-state index in [0.717, 1.165) is 26.5 Å². The maximum Gasteiger partial charge on any atom is 0.246 e. The highest BCUT2D eigenvalue weighted by atomic mass is 35.5. The van der Waals surface area contributed by atoms with Crippen molar-refractivity contribution < 1.29 is 86.6 Å². The number of unbranched alkanes of at least 4 members (excludes halogenated alkanes) is 2. The van der Waals surface area contributed by atoms with Crippen LogP contribution in [0.1, 0.15) is 147 Å². The molecule has 3 aromatic heterocycles. The zero-order chi connectivity index (χ0) is 97.4. The van der Waals surface area contributed by atoms with Crippen molar-refractivity contribution in [1.82, 2.24) is 92.3 Å². The molecule has 2 saturated heterocycles. The van der Waals surface area contributed by atoms with Crippen molar-refractivity contribution in [2.75, 3.05) is 72.5 Å². The van der Waals surface area contributed by atoms with Gasteiger partial charge in [-0.15, -0.1) is 11.8 Å². The van der Waals surface area contributed by atoms with Crippen LogP contribution in [0.3, 0.4) is 0 Å². The molecule has 5 heterocycles. The van der Waals surface area contributed by atoms with E-state index in [-0.39, 0.29) is 89.6 Å². The second-order valence-corrected chi connectivity index (χ2v) is 35.9. The minimum absolute atomic E-state index is 0.00104. The van der Waals surface area contributed by atoms with Crippen LogP contribution < -0.4 is 65.1 Å². The molecule has 20 N–H and O–H groups in total. The lowest BCUT2D eigenvalue weighted by Gasteiger charge is -2.36. The van der Waals surface area contributed by atoms with Crippen molar-refractivity contribution >= 4 is 151 Å². The number of likely N-dealkylation sites (N-methyl/N-ethyl adjacent to an activating group) is 4. The average molecular weight is 1880 g/mol.